The number of pyridine rings is 1. The summed E-state index contributed by atoms with van der Waals surface area (Å²) in [4.78, 5) is 4.34. The molecule has 1 aromatic carbocycles. The smallest absolute Gasteiger partial charge is 0.123 e. The van der Waals surface area contributed by atoms with Gasteiger partial charge >= 0.3 is 0 Å². The predicted octanol–water partition coefficient (Wildman–Crippen LogP) is 3.60. The number of thioether (sulfide) groups is 1. The minimum atomic E-state index is 0.481. The minimum absolute atomic E-state index is 0.481. The van der Waals surface area contributed by atoms with Crippen molar-refractivity contribution in [1.82, 2.24) is 4.98 Å². The summed E-state index contributed by atoms with van der Waals surface area (Å²) in [6, 6.07) is 10.0. The second kappa shape index (κ2) is 6.93. The van der Waals surface area contributed by atoms with Crippen LogP contribution < -0.4 is 10.5 Å². The first-order chi connectivity index (χ1) is 9.24. The number of nitrogens with two attached hydrogens (primary N) is 1. The summed E-state index contributed by atoms with van der Waals surface area (Å²) in [5.74, 6) is 1.70. The Hall–Kier alpha value is -1.04. The molecule has 2 N–H and O–H groups in total. The molecule has 0 bridgehead atoms. The average molecular weight is 339 g/mol. The lowest BCUT2D eigenvalue weighted by atomic mass is 10.1. The van der Waals surface area contributed by atoms with Gasteiger partial charge in [-0.1, -0.05) is 6.07 Å². The van der Waals surface area contributed by atoms with Crippen molar-refractivity contribution in [3.05, 3.63) is 52.1 Å². The van der Waals surface area contributed by atoms with Crippen LogP contribution in [0.1, 0.15) is 11.1 Å². The Kier molecular flexibility index (Phi) is 5.24. The number of aromatic nitrogens is 1. The molecule has 0 amide bonds. The maximum atomic E-state index is 5.72. The fourth-order valence-corrected chi connectivity index (χ4v) is 3.13. The van der Waals surface area contributed by atoms with E-state index in [9.17, 15) is 0 Å². The monoisotopic (exact) mass is 338 g/mol. The highest BCUT2D eigenvalue weighted by molar-refractivity contribution is 9.10. The second-order valence-electron chi connectivity index (χ2n) is 3.93. The highest BCUT2D eigenvalue weighted by Crippen LogP contribution is 2.29. The van der Waals surface area contributed by atoms with E-state index in [2.05, 4.69) is 33.0 Å². The molecule has 0 spiro atoms. The van der Waals surface area contributed by atoms with E-state index >= 15 is 0 Å². The Labute approximate surface area is 125 Å². The van der Waals surface area contributed by atoms with Crippen LogP contribution in [0, 0.1) is 0 Å². The zero-order valence-electron chi connectivity index (χ0n) is 10.6. The van der Waals surface area contributed by atoms with Gasteiger partial charge in [0, 0.05) is 28.5 Å². The molecule has 0 atom stereocenters. The van der Waals surface area contributed by atoms with Gasteiger partial charge in [0.2, 0.25) is 0 Å². The predicted molar refractivity (Wildman–Crippen MR) is 82.4 cm³/mol. The minimum Gasteiger partial charge on any atom is -0.496 e. The van der Waals surface area contributed by atoms with Crippen LogP contribution in [0.4, 0.5) is 0 Å². The van der Waals surface area contributed by atoms with Gasteiger partial charge in [-0.05, 0) is 45.8 Å². The lowest BCUT2D eigenvalue weighted by Crippen LogP contribution is -2.00. The van der Waals surface area contributed by atoms with Crippen LogP contribution >= 0.6 is 27.7 Å². The van der Waals surface area contributed by atoms with E-state index in [1.54, 1.807) is 25.1 Å². The van der Waals surface area contributed by atoms with Gasteiger partial charge in [0.1, 0.15) is 10.8 Å². The summed E-state index contributed by atoms with van der Waals surface area (Å²) in [5.41, 5.74) is 7.96. The topological polar surface area (TPSA) is 48.1 Å². The normalized spacial score (nSPS) is 10.5. The van der Waals surface area contributed by atoms with Gasteiger partial charge in [0.05, 0.1) is 7.11 Å². The third-order valence-corrected chi connectivity index (χ3v) is 4.64. The van der Waals surface area contributed by atoms with Crippen molar-refractivity contribution < 1.29 is 4.74 Å². The quantitative estimate of drug-likeness (QED) is 0.846. The molecule has 1 aromatic heterocycles. The fourth-order valence-electron chi connectivity index (χ4n) is 1.71. The lowest BCUT2D eigenvalue weighted by Gasteiger charge is -2.09. The summed E-state index contributed by atoms with van der Waals surface area (Å²) >= 11 is 5.19. The molecule has 2 rings (SSSR count). The molecule has 3 nitrogen and oxygen atoms in total. The number of hydrogen-bond donors (Lipinski definition) is 1. The van der Waals surface area contributed by atoms with Gasteiger partial charge in [0.25, 0.3) is 0 Å². The van der Waals surface area contributed by atoms with Crippen LogP contribution in [0.2, 0.25) is 0 Å². The van der Waals surface area contributed by atoms with Crippen molar-refractivity contribution in [2.75, 3.05) is 7.11 Å². The summed E-state index contributed by atoms with van der Waals surface area (Å²) in [7, 11) is 1.66. The van der Waals surface area contributed by atoms with E-state index in [0.717, 1.165) is 26.6 Å². The molecule has 0 saturated heterocycles. The summed E-state index contributed by atoms with van der Waals surface area (Å²) in [6.07, 6.45) is 1.80. The summed E-state index contributed by atoms with van der Waals surface area (Å²) < 4.78 is 6.29. The Bertz CT molecular complexity index is 563. The third kappa shape index (κ3) is 3.72. The SMILES string of the molecule is COc1ccc(CSc2ncccc2Br)cc1CN. The number of benzene rings is 1. The van der Waals surface area contributed by atoms with Crippen molar-refractivity contribution >= 4 is 27.7 Å². The van der Waals surface area contributed by atoms with E-state index in [-0.39, 0.29) is 0 Å². The number of ether oxygens (including phenoxy) is 1. The van der Waals surface area contributed by atoms with Gasteiger partial charge in [-0.2, -0.15) is 0 Å². The zero-order valence-corrected chi connectivity index (χ0v) is 13.0. The maximum Gasteiger partial charge on any atom is 0.123 e. The van der Waals surface area contributed by atoms with E-state index in [4.69, 9.17) is 10.5 Å². The van der Waals surface area contributed by atoms with Crippen LogP contribution in [0.15, 0.2) is 46.0 Å². The van der Waals surface area contributed by atoms with E-state index < -0.39 is 0 Å². The molecule has 19 heavy (non-hydrogen) atoms. The summed E-state index contributed by atoms with van der Waals surface area (Å²) in [6.45, 7) is 0.481. The maximum absolute atomic E-state index is 5.72. The fraction of sp³-hybridized carbons (Fsp3) is 0.214. The number of halogens is 1. The van der Waals surface area contributed by atoms with Crippen LogP contribution in [-0.4, -0.2) is 12.1 Å². The van der Waals surface area contributed by atoms with Crippen molar-refractivity contribution in [2.24, 2.45) is 5.73 Å². The zero-order chi connectivity index (χ0) is 13.7. The highest BCUT2D eigenvalue weighted by Gasteiger charge is 2.05. The first-order valence-electron chi connectivity index (χ1n) is 5.83. The molecule has 100 valence electrons. The third-order valence-electron chi connectivity index (χ3n) is 2.66. The standard InChI is InChI=1S/C14H15BrN2OS/c1-18-13-5-4-10(7-11(13)8-16)9-19-14-12(15)3-2-6-17-14/h2-7H,8-9,16H2,1H3. The number of hydrogen-bond acceptors (Lipinski definition) is 4. The van der Waals surface area contributed by atoms with Gasteiger partial charge in [-0.25, -0.2) is 4.98 Å². The van der Waals surface area contributed by atoms with E-state index in [1.807, 2.05) is 18.2 Å². The molecular formula is C14H15BrN2OS. The van der Waals surface area contributed by atoms with Crippen molar-refractivity contribution in [2.45, 2.75) is 17.3 Å². The average Bonchev–Trinajstić information content (AvgIpc) is 2.46. The molecule has 0 unspecified atom stereocenters. The van der Waals surface area contributed by atoms with Crippen LogP contribution in [0.3, 0.4) is 0 Å². The molecule has 0 aliphatic carbocycles. The molecule has 0 aliphatic heterocycles. The molecule has 0 fully saturated rings. The van der Waals surface area contributed by atoms with Crippen LogP contribution in [0.5, 0.6) is 5.75 Å². The molecule has 0 aliphatic rings. The number of nitrogens with zero attached hydrogens (tertiary/aromatic N) is 1. The van der Waals surface area contributed by atoms with E-state index in [1.165, 1.54) is 5.56 Å². The molecule has 1 heterocycles. The lowest BCUT2D eigenvalue weighted by molar-refractivity contribution is 0.409. The van der Waals surface area contributed by atoms with Crippen LogP contribution in [0.25, 0.3) is 0 Å². The summed E-state index contributed by atoms with van der Waals surface area (Å²) in [5, 5.41) is 0.993. The Morgan fingerprint density at radius 2 is 2.21 bits per heavy atom. The first-order valence-corrected chi connectivity index (χ1v) is 7.61. The van der Waals surface area contributed by atoms with Gasteiger partial charge < -0.3 is 10.5 Å². The van der Waals surface area contributed by atoms with Gasteiger partial charge in [0.15, 0.2) is 0 Å². The molecule has 0 saturated carbocycles. The van der Waals surface area contributed by atoms with Gasteiger partial charge in [-0.3, -0.25) is 0 Å². The largest absolute Gasteiger partial charge is 0.496 e. The van der Waals surface area contributed by atoms with Crippen molar-refractivity contribution in [1.29, 1.82) is 0 Å². The first kappa shape index (κ1) is 14.4. The second-order valence-corrected chi connectivity index (χ2v) is 5.75. The highest BCUT2D eigenvalue weighted by atomic mass is 79.9. The number of rotatable bonds is 5. The van der Waals surface area contributed by atoms with E-state index in [0.29, 0.717) is 6.54 Å². The molecule has 5 heteroatoms. The Morgan fingerprint density at radius 3 is 2.89 bits per heavy atom. The molecule has 0 radical (unpaired) electrons. The molecular weight excluding hydrogens is 324 g/mol. The van der Waals surface area contributed by atoms with Crippen LogP contribution in [-0.2, 0) is 12.3 Å². The number of methoxy groups -OCH3 is 1. The molecule has 2 aromatic rings. The Morgan fingerprint density at radius 1 is 1.37 bits per heavy atom. The van der Waals surface area contributed by atoms with Gasteiger partial charge in [-0.15, -0.1) is 11.8 Å². The Balaban J connectivity index is 2.10. The van der Waals surface area contributed by atoms with Crippen molar-refractivity contribution in [3.63, 3.8) is 0 Å². The van der Waals surface area contributed by atoms with Crippen molar-refractivity contribution in [3.8, 4) is 5.75 Å².